The number of hydrogen-bond donors (Lipinski definition) is 2. The van der Waals surface area contributed by atoms with Gasteiger partial charge in [0.25, 0.3) is 0 Å². The molecule has 0 saturated carbocycles. The number of nitrogens with zero attached hydrogens (tertiary/aromatic N) is 3. The monoisotopic (exact) mass is 462 g/mol. The fourth-order valence-corrected chi connectivity index (χ4v) is 4.83. The van der Waals surface area contributed by atoms with Crippen molar-refractivity contribution < 1.29 is 14.6 Å². The minimum absolute atomic E-state index is 0.243. The van der Waals surface area contributed by atoms with Crippen molar-refractivity contribution in [2.75, 3.05) is 13.7 Å². The Labute approximate surface area is 194 Å². The molecule has 8 heteroatoms. The van der Waals surface area contributed by atoms with Crippen molar-refractivity contribution in [2.45, 2.75) is 45.4 Å². The van der Waals surface area contributed by atoms with E-state index in [1.54, 1.807) is 25.3 Å². The molecule has 7 nitrogen and oxygen atoms in total. The quantitative estimate of drug-likeness (QED) is 0.280. The molecule has 0 aliphatic carbocycles. The number of methoxy groups -OCH3 is 1. The SMILES string of the molecule is COc1cc(C)c2[nH]ccc2c1C(O)c1nc2ccc(C#N)cc2n1COCC[Si](C)(C)C. The predicted octanol–water partition coefficient (Wildman–Crippen LogP) is 5.10. The van der Waals surface area contributed by atoms with Gasteiger partial charge in [0.1, 0.15) is 24.4 Å². The van der Waals surface area contributed by atoms with Crippen molar-refractivity contribution in [1.82, 2.24) is 14.5 Å². The smallest absolute Gasteiger partial charge is 0.145 e. The number of hydrogen-bond acceptors (Lipinski definition) is 5. The normalized spacial score (nSPS) is 12.9. The molecule has 172 valence electrons. The molecule has 0 radical (unpaired) electrons. The lowest BCUT2D eigenvalue weighted by atomic mass is 10.00. The van der Waals surface area contributed by atoms with Gasteiger partial charge in [-0.1, -0.05) is 19.6 Å². The molecule has 4 aromatic rings. The second-order valence-electron chi connectivity index (χ2n) is 9.54. The highest BCUT2D eigenvalue weighted by molar-refractivity contribution is 6.76. The van der Waals surface area contributed by atoms with Gasteiger partial charge in [-0.25, -0.2) is 4.98 Å². The van der Waals surface area contributed by atoms with Gasteiger partial charge in [0, 0.05) is 37.3 Å². The number of aliphatic hydroxyl groups is 1. The molecule has 2 aromatic carbocycles. The number of nitriles is 1. The first-order chi connectivity index (χ1) is 15.7. The molecule has 0 spiro atoms. The second kappa shape index (κ2) is 9.02. The number of ether oxygens (including phenoxy) is 2. The van der Waals surface area contributed by atoms with Crippen LogP contribution >= 0.6 is 0 Å². The number of aryl methyl sites for hydroxylation is 1. The molecule has 0 bridgehead atoms. The first-order valence-corrected chi connectivity index (χ1v) is 14.7. The van der Waals surface area contributed by atoms with Gasteiger partial charge in [-0.3, -0.25) is 0 Å². The number of aliphatic hydroxyl groups excluding tert-OH is 1. The lowest BCUT2D eigenvalue weighted by molar-refractivity contribution is 0.0814. The highest BCUT2D eigenvalue weighted by Gasteiger charge is 2.26. The van der Waals surface area contributed by atoms with Crippen LogP contribution in [0.3, 0.4) is 0 Å². The summed E-state index contributed by atoms with van der Waals surface area (Å²) in [5.41, 5.74) is 4.63. The molecule has 2 N–H and O–H groups in total. The predicted molar refractivity (Wildman–Crippen MR) is 132 cm³/mol. The van der Waals surface area contributed by atoms with E-state index in [1.807, 2.05) is 29.8 Å². The maximum Gasteiger partial charge on any atom is 0.145 e. The maximum atomic E-state index is 11.6. The van der Waals surface area contributed by atoms with Gasteiger partial charge < -0.3 is 24.1 Å². The number of aromatic nitrogens is 3. The van der Waals surface area contributed by atoms with Gasteiger partial charge in [-0.2, -0.15) is 5.26 Å². The number of imidazole rings is 1. The van der Waals surface area contributed by atoms with Crippen molar-refractivity contribution in [2.24, 2.45) is 0 Å². The van der Waals surface area contributed by atoms with Crippen molar-refractivity contribution in [1.29, 1.82) is 5.26 Å². The molecular weight excluding hydrogens is 432 g/mol. The molecular formula is C25H30N4O3Si. The van der Waals surface area contributed by atoms with Gasteiger partial charge in [0.15, 0.2) is 0 Å². The van der Waals surface area contributed by atoms with E-state index < -0.39 is 14.2 Å². The third-order valence-corrected chi connectivity index (χ3v) is 7.61. The lowest BCUT2D eigenvalue weighted by Crippen LogP contribution is -2.22. The van der Waals surface area contributed by atoms with Crippen LogP contribution in [0.5, 0.6) is 5.75 Å². The molecule has 0 aliphatic heterocycles. The zero-order valence-electron chi connectivity index (χ0n) is 19.8. The van der Waals surface area contributed by atoms with E-state index >= 15 is 0 Å². The summed E-state index contributed by atoms with van der Waals surface area (Å²) in [6.45, 7) is 9.81. The summed E-state index contributed by atoms with van der Waals surface area (Å²) < 4.78 is 13.6. The highest BCUT2D eigenvalue weighted by atomic mass is 28.3. The number of aromatic amines is 1. The van der Waals surface area contributed by atoms with Crippen LogP contribution in [-0.2, 0) is 11.5 Å². The Morgan fingerprint density at radius 2 is 2.03 bits per heavy atom. The third kappa shape index (κ3) is 4.53. The summed E-state index contributed by atoms with van der Waals surface area (Å²) in [7, 11) is 0.364. The molecule has 1 unspecified atom stereocenters. The summed E-state index contributed by atoms with van der Waals surface area (Å²) in [5, 5.41) is 21.9. The number of nitrogens with one attached hydrogen (secondary N) is 1. The van der Waals surface area contributed by atoms with Crippen LogP contribution in [0.2, 0.25) is 25.7 Å². The van der Waals surface area contributed by atoms with Crippen molar-refractivity contribution >= 4 is 30.0 Å². The van der Waals surface area contributed by atoms with E-state index in [1.165, 1.54) is 0 Å². The van der Waals surface area contributed by atoms with E-state index in [2.05, 4.69) is 30.7 Å². The van der Waals surface area contributed by atoms with Crippen LogP contribution in [0, 0.1) is 18.3 Å². The molecule has 1 atom stereocenters. The molecule has 33 heavy (non-hydrogen) atoms. The number of benzene rings is 2. The Bertz CT molecular complexity index is 1340. The summed E-state index contributed by atoms with van der Waals surface area (Å²) in [4.78, 5) is 7.99. The summed E-state index contributed by atoms with van der Waals surface area (Å²) in [5.74, 6) is 1.06. The standard InChI is InChI=1S/C25H30N4O3Si/c1-16-12-21(31-2)22(18-8-9-27-23(16)18)24(30)25-28-19-7-6-17(14-26)13-20(19)29(25)15-32-10-11-33(3,4)5/h6-9,12-13,24,27,30H,10-11,15H2,1-5H3. The van der Waals surface area contributed by atoms with Gasteiger partial charge >= 0.3 is 0 Å². The van der Waals surface area contributed by atoms with E-state index in [-0.39, 0.29) is 6.73 Å². The summed E-state index contributed by atoms with van der Waals surface area (Å²) >= 11 is 0. The van der Waals surface area contributed by atoms with E-state index in [4.69, 9.17) is 14.5 Å². The van der Waals surface area contributed by atoms with Crippen LogP contribution in [0.4, 0.5) is 0 Å². The molecule has 0 amide bonds. The number of rotatable bonds is 8. The Morgan fingerprint density at radius 1 is 1.24 bits per heavy atom. The van der Waals surface area contributed by atoms with Gasteiger partial charge in [-0.05, 0) is 48.9 Å². The highest BCUT2D eigenvalue weighted by Crippen LogP contribution is 2.38. The van der Waals surface area contributed by atoms with Crippen LogP contribution in [-0.4, -0.2) is 41.4 Å². The van der Waals surface area contributed by atoms with E-state index in [0.29, 0.717) is 34.8 Å². The Balaban J connectivity index is 1.82. The van der Waals surface area contributed by atoms with Crippen LogP contribution in [0.1, 0.15) is 28.6 Å². The first-order valence-electron chi connectivity index (χ1n) is 11.0. The minimum Gasteiger partial charge on any atom is -0.496 e. The fraction of sp³-hybridized carbons (Fsp3) is 0.360. The molecule has 4 rings (SSSR count). The number of H-pyrrole nitrogens is 1. The van der Waals surface area contributed by atoms with Gasteiger partial charge in [0.05, 0.1) is 29.8 Å². The molecule has 0 aliphatic rings. The first kappa shape index (κ1) is 23.0. The topological polar surface area (TPSA) is 96.1 Å². The number of fused-ring (bicyclic) bond motifs is 2. The molecule has 2 aromatic heterocycles. The zero-order chi connectivity index (χ0) is 23.8. The van der Waals surface area contributed by atoms with Crippen molar-refractivity contribution in [3.8, 4) is 11.8 Å². The van der Waals surface area contributed by atoms with Gasteiger partial charge in [0.2, 0.25) is 0 Å². The fourth-order valence-electron chi connectivity index (χ4n) is 4.07. The van der Waals surface area contributed by atoms with E-state index in [9.17, 15) is 10.4 Å². The van der Waals surface area contributed by atoms with Crippen molar-refractivity contribution in [3.05, 3.63) is 59.0 Å². The lowest BCUT2D eigenvalue weighted by Gasteiger charge is -2.20. The minimum atomic E-state index is -1.24. The van der Waals surface area contributed by atoms with Crippen LogP contribution in [0.15, 0.2) is 36.5 Å². The average molecular weight is 463 g/mol. The molecule has 0 fully saturated rings. The van der Waals surface area contributed by atoms with Crippen LogP contribution in [0.25, 0.3) is 21.9 Å². The largest absolute Gasteiger partial charge is 0.496 e. The Hall–Kier alpha value is -3.12. The van der Waals surface area contributed by atoms with Gasteiger partial charge in [-0.15, -0.1) is 0 Å². The van der Waals surface area contributed by atoms with Crippen LogP contribution < -0.4 is 4.74 Å². The van der Waals surface area contributed by atoms with E-state index in [0.717, 1.165) is 28.0 Å². The Kier molecular flexibility index (Phi) is 6.30. The summed E-state index contributed by atoms with van der Waals surface area (Å²) in [6.07, 6.45) is 0.812. The zero-order valence-corrected chi connectivity index (χ0v) is 20.8. The Morgan fingerprint density at radius 3 is 2.73 bits per heavy atom. The third-order valence-electron chi connectivity index (χ3n) is 5.91. The van der Waals surface area contributed by atoms with Crippen molar-refractivity contribution in [3.63, 3.8) is 0 Å². The average Bonchev–Trinajstić information content (AvgIpc) is 3.40. The maximum absolute atomic E-state index is 11.6. The molecule has 0 saturated heterocycles. The second-order valence-corrected chi connectivity index (χ2v) is 15.2. The summed E-state index contributed by atoms with van der Waals surface area (Å²) in [6, 6.07) is 12.4. The molecule has 2 heterocycles.